The highest BCUT2D eigenvalue weighted by molar-refractivity contribution is 5.89. The number of hydrogen-bond donors (Lipinski definition) is 1. The molecule has 1 aliphatic heterocycles. The van der Waals surface area contributed by atoms with Gasteiger partial charge in [-0.05, 0) is 19.8 Å². The summed E-state index contributed by atoms with van der Waals surface area (Å²) in [6, 6.07) is 0. The minimum atomic E-state index is -4.26. The number of ether oxygens (including phenoxy) is 1. The fourth-order valence-electron chi connectivity index (χ4n) is 3.51. The molecular formula is C15H26ClF3N2O2. The number of piperidine rings is 1. The smallest absolute Gasteiger partial charge is 0.378 e. The van der Waals surface area contributed by atoms with E-state index in [9.17, 15) is 18.0 Å². The predicted octanol–water partition coefficient (Wildman–Crippen LogP) is 2.74. The van der Waals surface area contributed by atoms with Crippen LogP contribution in [-0.4, -0.2) is 48.3 Å². The molecule has 1 heterocycles. The van der Waals surface area contributed by atoms with E-state index < -0.39 is 23.0 Å². The van der Waals surface area contributed by atoms with E-state index in [1.165, 1.54) is 4.90 Å². The van der Waals surface area contributed by atoms with E-state index in [0.29, 0.717) is 26.0 Å². The third kappa shape index (κ3) is 3.46. The van der Waals surface area contributed by atoms with Crippen molar-refractivity contribution in [2.24, 2.45) is 17.1 Å². The normalized spacial score (nSPS) is 33.6. The number of halogens is 4. The second-order valence-corrected chi connectivity index (χ2v) is 6.97. The molecule has 0 bridgehead atoms. The molecule has 8 heteroatoms. The number of amides is 1. The van der Waals surface area contributed by atoms with E-state index in [1.54, 1.807) is 0 Å². The van der Waals surface area contributed by atoms with Crippen LogP contribution in [0.4, 0.5) is 13.2 Å². The van der Waals surface area contributed by atoms with Gasteiger partial charge in [-0.3, -0.25) is 4.79 Å². The molecule has 1 saturated heterocycles. The lowest BCUT2D eigenvalue weighted by atomic mass is 9.54. The fraction of sp³-hybridized carbons (Fsp3) is 0.933. The van der Waals surface area contributed by atoms with Crippen LogP contribution in [0.15, 0.2) is 0 Å². The van der Waals surface area contributed by atoms with E-state index in [2.05, 4.69) is 0 Å². The van der Waals surface area contributed by atoms with E-state index in [1.807, 2.05) is 20.8 Å². The van der Waals surface area contributed by atoms with Crippen molar-refractivity contribution in [3.63, 3.8) is 0 Å². The molecule has 0 radical (unpaired) electrons. The van der Waals surface area contributed by atoms with E-state index in [4.69, 9.17) is 10.5 Å². The molecule has 0 aromatic heterocycles. The van der Waals surface area contributed by atoms with Gasteiger partial charge < -0.3 is 15.4 Å². The van der Waals surface area contributed by atoms with Crippen LogP contribution in [0.3, 0.4) is 0 Å². The number of carbonyl (C=O) groups is 1. The maximum atomic E-state index is 12.9. The molecule has 23 heavy (non-hydrogen) atoms. The van der Waals surface area contributed by atoms with Crippen LogP contribution in [0.2, 0.25) is 0 Å². The van der Waals surface area contributed by atoms with E-state index in [0.717, 1.165) is 0 Å². The maximum Gasteiger partial charge on any atom is 0.393 e. The molecule has 3 unspecified atom stereocenters. The number of carbonyl (C=O) groups excluding carboxylic acids is 1. The van der Waals surface area contributed by atoms with Gasteiger partial charge in [0.25, 0.3) is 0 Å². The minimum absolute atomic E-state index is 0. The third-order valence-electron chi connectivity index (χ3n) is 5.38. The first-order valence-corrected chi connectivity index (χ1v) is 7.80. The molecule has 3 atom stereocenters. The number of rotatable bonds is 3. The molecule has 4 nitrogen and oxygen atoms in total. The number of hydrogen-bond acceptors (Lipinski definition) is 3. The first kappa shape index (κ1) is 20.5. The summed E-state index contributed by atoms with van der Waals surface area (Å²) in [4.78, 5) is 14.0. The van der Waals surface area contributed by atoms with Crippen molar-refractivity contribution in [3.8, 4) is 0 Å². The molecule has 2 aliphatic rings. The van der Waals surface area contributed by atoms with Gasteiger partial charge in [0.2, 0.25) is 5.91 Å². The largest absolute Gasteiger partial charge is 0.393 e. The molecule has 1 aliphatic carbocycles. The van der Waals surface area contributed by atoms with Gasteiger partial charge in [0.05, 0.1) is 12.0 Å². The Morgan fingerprint density at radius 1 is 1.39 bits per heavy atom. The highest BCUT2D eigenvalue weighted by Gasteiger charge is 2.64. The van der Waals surface area contributed by atoms with Gasteiger partial charge in [-0.2, -0.15) is 13.2 Å². The molecule has 0 aromatic carbocycles. The van der Waals surface area contributed by atoms with Gasteiger partial charge in [0, 0.05) is 31.5 Å². The van der Waals surface area contributed by atoms with Gasteiger partial charge in [-0.25, -0.2) is 0 Å². The van der Waals surface area contributed by atoms with Crippen LogP contribution in [-0.2, 0) is 9.53 Å². The van der Waals surface area contributed by atoms with Gasteiger partial charge in [0.1, 0.15) is 5.54 Å². The fourth-order valence-corrected chi connectivity index (χ4v) is 3.51. The van der Waals surface area contributed by atoms with E-state index in [-0.39, 0.29) is 37.4 Å². The molecule has 2 rings (SSSR count). The average Bonchev–Trinajstić information content (AvgIpc) is 2.45. The van der Waals surface area contributed by atoms with E-state index >= 15 is 0 Å². The highest BCUT2D eigenvalue weighted by Crippen LogP contribution is 2.51. The molecular weight excluding hydrogens is 333 g/mol. The lowest BCUT2D eigenvalue weighted by molar-refractivity contribution is -0.198. The Balaban J connectivity index is 0.00000264. The van der Waals surface area contributed by atoms with Crippen molar-refractivity contribution in [2.45, 2.75) is 57.9 Å². The van der Waals surface area contributed by atoms with Crippen molar-refractivity contribution in [2.75, 3.05) is 19.7 Å². The Bertz CT molecular complexity index is 445. The average molecular weight is 359 g/mol. The Labute approximate surface area is 141 Å². The molecule has 0 aromatic rings. The molecule has 2 N–H and O–H groups in total. The topological polar surface area (TPSA) is 55.6 Å². The molecule has 2 fully saturated rings. The summed E-state index contributed by atoms with van der Waals surface area (Å²) in [6.07, 6.45) is -3.59. The standard InChI is InChI=1S/C15H25F3N2O2.ClH/c1-4-22-11-8-14(19,13(11,2)3)12(21)20-7-5-6-10(9-20)15(16,17)18;/h10-11H,4-9,19H2,1-3H3;1H. The quantitative estimate of drug-likeness (QED) is 0.844. The lowest BCUT2D eigenvalue weighted by Gasteiger charge is -2.59. The zero-order chi connectivity index (χ0) is 16.8. The Morgan fingerprint density at radius 3 is 2.48 bits per heavy atom. The Hall–Kier alpha value is -0.530. The highest BCUT2D eigenvalue weighted by atomic mass is 35.5. The zero-order valence-corrected chi connectivity index (χ0v) is 14.6. The van der Waals surface area contributed by atoms with Crippen LogP contribution in [0.25, 0.3) is 0 Å². The number of nitrogens with zero attached hydrogens (tertiary/aromatic N) is 1. The first-order valence-electron chi connectivity index (χ1n) is 7.80. The second kappa shape index (κ2) is 6.76. The van der Waals surface area contributed by atoms with Gasteiger partial charge >= 0.3 is 6.18 Å². The first-order chi connectivity index (χ1) is 10.0. The Kier molecular flexibility index (Phi) is 6.03. The van der Waals surface area contributed by atoms with Crippen molar-refractivity contribution >= 4 is 18.3 Å². The summed E-state index contributed by atoms with van der Waals surface area (Å²) in [7, 11) is 0. The molecule has 1 amide bonds. The molecule has 1 saturated carbocycles. The van der Waals surface area contributed by atoms with Crippen LogP contribution in [0, 0.1) is 11.3 Å². The number of alkyl halides is 3. The SMILES string of the molecule is CCOC1CC(N)(C(=O)N2CCCC(C(F)(F)F)C2)C1(C)C.Cl. The lowest BCUT2D eigenvalue weighted by Crippen LogP contribution is -2.76. The maximum absolute atomic E-state index is 12.9. The van der Waals surface area contributed by atoms with Crippen LogP contribution < -0.4 is 5.73 Å². The van der Waals surface area contributed by atoms with Gasteiger partial charge in [-0.15, -0.1) is 12.4 Å². The summed E-state index contributed by atoms with van der Waals surface area (Å²) in [5.41, 5.74) is 4.56. The van der Waals surface area contributed by atoms with Crippen molar-refractivity contribution in [1.29, 1.82) is 0 Å². The predicted molar refractivity (Wildman–Crippen MR) is 83.3 cm³/mol. The zero-order valence-electron chi connectivity index (χ0n) is 13.8. The van der Waals surface area contributed by atoms with Gasteiger partial charge in [0.15, 0.2) is 0 Å². The van der Waals surface area contributed by atoms with Crippen LogP contribution >= 0.6 is 12.4 Å². The summed E-state index contributed by atoms with van der Waals surface area (Å²) in [6.45, 7) is 6.15. The summed E-state index contributed by atoms with van der Waals surface area (Å²) >= 11 is 0. The summed E-state index contributed by atoms with van der Waals surface area (Å²) < 4.78 is 44.3. The second-order valence-electron chi connectivity index (χ2n) is 6.97. The monoisotopic (exact) mass is 358 g/mol. The Morgan fingerprint density at radius 2 is 2.00 bits per heavy atom. The van der Waals surface area contributed by atoms with Crippen LogP contribution in [0.1, 0.15) is 40.0 Å². The molecule has 0 spiro atoms. The van der Waals surface area contributed by atoms with Crippen molar-refractivity contribution in [1.82, 2.24) is 4.90 Å². The van der Waals surface area contributed by atoms with Gasteiger partial charge in [-0.1, -0.05) is 13.8 Å². The number of likely N-dealkylation sites (tertiary alicyclic amines) is 1. The van der Waals surface area contributed by atoms with Crippen LogP contribution in [0.5, 0.6) is 0 Å². The summed E-state index contributed by atoms with van der Waals surface area (Å²) in [5.74, 6) is -1.82. The van der Waals surface area contributed by atoms with Crippen molar-refractivity contribution in [3.05, 3.63) is 0 Å². The molecule has 136 valence electrons. The third-order valence-corrected chi connectivity index (χ3v) is 5.38. The summed E-state index contributed by atoms with van der Waals surface area (Å²) in [5, 5.41) is 0. The number of nitrogens with two attached hydrogens (primary N) is 1. The van der Waals surface area contributed by atoms with Crippen molar-refractivity contribution < 1.29 is 22.7 Å². The minimum Gasteiger partial charge on any atom is -0.378 e.